The molecule has 102 valence electrons. The molecule has 20 heavy (non-hydrogen) atoms. The predicted molar refractivity (Wildman–Crippen MR) is 72.4 cm³/mol. The predicted octanol–water partition coefficient (Wildman–Crippen LogP) is 2.27. The summed E-state index contributed by atoms with van der Waals surface area (Å²) in [5, 5.41) is 11.1. The maximum Gasteiger partial charge on any atom is 0.323 e. The van der Waals surface area contributed by atoms with Gasteiger partial charge in [0, 0.05) is 0 Å². The number of nitro groups is 1. The summed E-state index contributed by atoms with van der Waals surface area (Å²) in [6.07, 6.45) is 0. The molecule has 0 saturated heterocycles. The van der Waals surface area contributed by atoms with Gasteiger partial charge in [0.25, 0.3) is 5.91 Å². The van der Waals surface area contributed by atoms with Crippen LogP contribution in [0.5, 0.6) is 5.75 Å². The highest BCUT2D eigenvalue weighted by atomic mass is 16.6. The number of para-hydroxylation sites is 1. The molecule has 1 amide bonds. The van der Waals surface area contributed by atoms with Gasteiger partial charge in [-0.15, -0.1) is 0 Å². The Morgan fingerprint density at radius 2 is 1.85 bits per heavy atom. The Bertz CT molecular complexity index is 641. The summed E-state index contributed by atoms with van der Waals surface area (Å²) in [6, 6.07) is 13.4. The first-order valence-electron chi connectivity index (χ1n) is 5.83. The Morgan fingerprint density at radius 1 is 1.15 bits per heavy atom. The van der Waals surface area contributed by atoms with Crippen LogP contribution in [0, 0.1) is 10.1 Å². The summed E-state index contributed by atoms with van der Waals surface area (Å²) < 4.78 is 5.43. The first kappa shape index (κ1) is 13.5. The van der Waals surface area contributed by atoms with Crippen molar-refractivity contribution in [2.75, 3.05) is 0 Å². The van der Waals surface area contributed by atoms with Crippen molar-refractivity contribution in [3.8, 4) is 5.75 Å². The zero-order chi connectivity index (χ0) is 14.5. The van der Waals surface area contributed by atoms with E-state index < -0.39 is 16.5 Å². The van der Waals surface area contributed by atoms with Crippen molar-refractivity contribution in [1.82, 2.24) is 0 Å². The normalized spacial score (nSPS) is 10.0. The zero-order valence-electron chi connectivity index (χ0n) is 10.5. The molecule has 0 atom stereocenters. The third-order valence-corrected chi connectivity index (χ3v) is 2.68. The summed E-state index contributed by atoms with van der Waals surface area (Å²) in [4.78, 5) is 21.6. The van der Waals surface area contributed by atoms with E-state index in [1.165, 1.54) is 18.2 Å². The van der Waals surface area contributed by atoms with Crippen LogP contribution >= 0.6 is 0 Å². The van der Waals surface area contributed by atoms with Crippen molar-refractivity contribution >= 4 is 11.6 Å². The van der Waals surface area contributed by atoms with Crippen LogP contribution in [0.2, 0.25) is 0 Å². The highest BCUT2D eigenvalue weighted by Crippen LogP contribution is 2.31. The number of carbonyl (C=O) groups is 1. The van der Waals surface area contributed by atoms with Crippen LogP contribution in [0.4, 0.5) is 5.69 Å². The number of rotatable bonds is 5. The monoisotopic (exact) mass is 272 g/mol. The standard InChI is InChI=1S/C14H12N2O4/c15-14(17)11-7-4-8-12(13(11)16(18)19)20-9-10-5-2-1-3-6-10/h1-8H,9H2,(H2,15,17). The molecule has 0 aliphatic carbocycles. The molecule has 2 N–H and O–H groups in total. The first-order chi connectivity index (χ1) is 9.59. The van der Waals surface area contributed by atoms with E-state index in [1.807, 2.05) is 30.3 Å². The minimum absolute atomic E-state index is 0.0233. The molecule has 6 nitrogen and oxygen atoms in total. The number of hydrogen-bond donors (Lipinski definition) is 1. The minimum atomic E-state index is -0.859. The number of amides is 1. The lowest BCUT2D eigenvalue weighted by atomic mass is 10.1. The van der Waals surface area contributed by atoms with Crippen LogP contribution in [0.1, 0.15) is 15.9 Å². The summed E-state index contributed by atoms with van der Waals surface area (Å²) >= 11 is 0. The fraction of sp³-hybridized carbons (Fsp3) is 0.0714. The zero-order valence-corrected chi connectivity index (χ0v) is 10.5. The topological polar surface area (TPSA) is 95.5 Å². The number of nitrogens with zero attached hydrogens (tertiary/aromatic N) is 1. The third kappa shape index (κ3) is 2.92. The van der Waals surface area contributed by atoms with E-state index in [-0.39, 0.29) is 17.9 Å². The molecule has 2 aromatic rings. The van der Waals surface area contributed by atoms with Gasteiger partial charge in [0.1, 0.15) is 12.2 Å². The molecular formula is C14H12N2O4. The quantitative estimate of drug-likeness (QED) is 0.667. The van der Waals surface area contributed by atoms with Gasteiger partial charge >= 0.3 is 5.69 Å². The number of benzene rings is 2. The van der Waals surface area contributed by atoms with Crippen molar-refractivity contribution in [3.63, 3.8) is 0 Å². The maximum absolute atomic E-state index is 11.2. The van der Waals surface area contributed by atoms with Crippen LogP contribution in [0.25, 0.3) is 0 Å². The second-order valence-electron chi connectivity index (χ2n) is 4.05. The van der Waals surface area contributed by atoms with Gasteiger partial charge in [-0.25, -0.2) is 0 Å². The number of nitro benzene ring substituents is 1. The second kappa shape index (κ2) is 5.83. The van der Waals surface area contributed by atoms with Crippen LogP contribution in [0.15, 0.2) is 48.5 Å². The average Bonchev–Trinajstić information content (AvgIpc) is 2.45. The Hall–Kier alpha value is -2.89. The molecule has 0 fully saturated rings. The fourth-order valence-corrected chi connectivity index (χ4v) is 1.76. The first-order valence-corrected chi connectivity index (χ1v) is 5.83. The highest BCUT2D eigenvalue weighted by molar-refractivity contribution is 5.98. The molecule has 0 heterocycles. The molecule has 0 aliphatic heterocycles. The minimum Gasteiger partial charge on any atom is -0.482 e. The van der Waals surface area contributed by atoms with E-state index in [0.717, 1.165) is 5.56 Å². The molecule has 6 heteroatoms. The molecule has 2 aromatic carbocycles. The molecule has 0 aromatic heterocycles. The van der Waals surface area contributed by atoms with Crippen molar-refractivity contribution in [1.29, 1.82) is 0 Å². The third-order valence-electron chi connectivity index (χ3n) is 2.68. The van der Waals surface area contributed by atoms with Gasteiger partial charge < -0.3 is 10.5 Å². The second-order valence-corrected chi connectivity index (χ2v) is 4.05. The van der Waals surface area contributed by atoms with Crippen molar-refractivity contribution in [2.45, 2.75) is 6.61 Å². The molecule has 0 saturated carbocycles. The summed E-state index contributed by atoms with van der Waals surface area (Å²) in [5.74, 6) is -0.836. The fourth-order valence-electron chi connectivity index (χ4n) is 1.76. The molecule has 0 spiro atoms. The van der Waals surface area contributed by atoms with Crippen LogP contribution in [-0.2, 0) is 6.61 Å². The average molecular weight is 272 g/mol. The van der Waals surface area contributed by atoms with E-state index in [9.17, 15) is 14.9 Å². The summed E-state index contributed by atoms with van der Waals surface area (Å²) in [6.45, 7) is 0.171. The van der Waals surface area contributed by atoms with Gasteiger partial charge in [-0.1, -0.05) is 36.4 Å². The lowest BCUT2D eigenvalue weighted by Crippen LogP contribution is -2.14. The SMILES string of the molecule is NC(=O)c1cccc(OCc2ccccc2)c1[N+](=O)[O-]. The Kier molecular flexibility index (Phi) is 3.95. The number of primary amides is 1. The van der Waals surface area contributed by atoms with E-state index >= 15 is 0 Å². The number of hydrogen-bond acceptors (Lipinski definition) is 4. The smallest absolute Gasteiger partial charge is 0.323 e. The summed E-state index contributed by atoms with van der Waals surface area (Å²) in [7, 11) is 0. The Morgan fingerprint density at radius 3 is 2.45 bits per heavy atom. The number of nitrogens with two attached hydrogens (primary N) is 1. The van der Waals surface area contributed by atoms with Gasteiger partial charge in [-0.2, -0.15) is 0 Å². The Balaban J connectivity index is 2.30. The number of carbonyl (C=O) groups excluding carboxylic acids is 1. The van der Waals surface area contributed by atoms with E-state index in [0.29, 0.717) is 0 Å². The van der Waals surface area contributed by atoms with E-state index in [2.05, 4.69) is 0 Å². The van der Waals surface area contributed by atoms with Crippen molar-refractivity contribution in [3.05, 3.63) is 69.8 Å². The molecular weight excluding hydrogens is 260 g/mol. The Labute approximate surface area is 114 Å². The van der Waals surface area contributed by atoms with Gasteiger partial charge in [-0.05, 0) is 17.7 Å². The van der Waals surface area contributed by atoms with E-state index in [1.54, 1.807) is 0 Å². The van der Waals surface area contributed by atoms with Gasteiger partial charge in [0.05, 0.1) is 4.92 Å². The lowest BCUT2D eigenvalue weighted by molar-refractivity contribution is -0.386. The molecule has 2 rings (SSSR count). The maximum atomic E-state index is 11.2. The molecule has 0 bridgehead atoms. The number of ether oxygens (including phenoxy) is 1. The van der Waals surface area contributed by atoms with Crippen molar-refractivity contribution < 1.29 is 14.5 Å². The molecule has 0 radical (unpaired) electrons. The van der Waals surface area contributed by atoms with Crippen LogP contribution in [-0.4, -0.2) is 10.8 Å². The molecule has 0 aliphatic rings. The van der Waals surface area contributed by atoms with Crippen LogP contribution < -0.4 is 10.5 Å². The van der Waals surface area contributed by atoms with E-state index in [4.69, 9.17) is 10.5 Å². The van der Waals surface area contributed by atoms with Gasteiger partial charge in [0.2, 0.25) is 0 Å². The molecule has 0 unspecified atom stereocenters. The van der Waals surface area contributed by atoms with Gasteiger partial charge in [0.15, 0.2) is 5.75 Å². The van der Waals surface area contributed by atoms with Gasteiger partial charge in [-0.3, -0.25) is 14.9 Å². The highest BCUT2D eigenvalue weighted by Gasteiger charge is 2.24. The largest absolute Gasteiger partial charge is 0.482 e. The summed E-state index contributed by atoms with van der Waals surface area (Å²) in [5.41, 5.74) is 5.42. The van der Waals surface area contributed by atoms with Crippen LogP contribution in [0.3, 0.4) is 0 Å². The lowest BCUT2D eigenvalue weighted by Gasteiger charge is -2.08. The van der Waals surface area contributed by atoms with Crippen molar-refractivity contribution in [2.24, 2.45) is 5.73 Å².